The maximum Gasteiger partial charge on any atom is 0.250 e. The minimum atomic E-state index is -0.169. The minimum Gasteiger partial charge on any atom is -0.368 e. The van der Waals surface area contributed by atoms with Gasteiger partial charge < -0.3 is 10.1 Å². The van der Waals surface area contributed by atoms with Crippen LogP contribution in [0.15, 0.2) is 24.3 Å². The highest BCUT2D eigenvalue weighted by Gasteiger charge is 2.22. The molecule has 0 aliphatic heterocycles. The molecule has 4 heteroatoms. The van der Waals surface area contributed by atoms with Crippen molar-refractivity contribution in [2.24, 2.45) is 5.92 Å². The Morgan fingerprint density at radius 3 is 3.00 bits per heavy atom. The molecule has 0 bridgehead atoms. The molecule has 0 radical (unpaired) electrons. The van der Waals surface area contributed by atoms with Gasteiger partial charge in [0, 0.05) is 5.69 Å². The highest BCUT2D eigenvalue weighted by Crippen LogP contribution is 2.26. The first-order valence-corrected chi connectivity index (χ1v) is 7.10. The van der Waals surface area contributed by atoms with Gasteiger partial charge in [0.05, 0.1) is 17.7 Å². The van der Waals surface area contributed by atoms with E-state index < -0.39 is 0 Å². The molecule has 1 saturated carbocycles. The van der Waals surface area contributed by atoms with Crippen molar-refractivity contribution in [3.8, 4) is 6.07 Å². The van der Waals surface area contributed by atoms with Gasteiger partial charge in [-0.1, -0.05) is 25.8 Å². The van der Waals surface area contributed by atoms with Crippen LogP contribution < -0.4 is 5.32 Å². The third kappa shape index (κ3) is 4.07. The van der Waals surface area contributed by atoms with Gasteiger partial charge >= 0.3 is 0 Å². The average molecular weight is 272 g/mol. The molecule has 1 aliphatic carbocycles. The SMILES string of the molecule is CC1CCCCC1OCC(=O)Nc1cccc(C#N)c1. The van der Waals surface area contributed by atoms with Gasteiger partial charge in [-0.3, -0.25) is 4.79 Å². The van der Waals surface area contributed by atoms with Gasteiger partial charge in [0.15, 0.2) is 0 Å². The molecule has 1 fully saturated rings. The lowest BCUT2D eigenvalue weighted by molar-refractivity contribution is -0.124. The lowest BCUT2D eigenvalue weighted by Gasteiger charge is -2.28. The molecule has 1 aromatic rings. The summed E-state index contributed by atoms with van der Waals surface area (Å²) in [6.07, 6.45) is 4.85. The van der Waals surface area contributed by atoms with Gasteiger partial charge in [-0.2, -0.15) is 5.26 Å². The summed E-state index contributed by atoms with van der Waals surface area (Å²) in [7, 11) is 0. The molecule has 2 unspecified atom stereocenters. The monoisotopic (exact) mass is 272 g/mol. The zero-order chi connectivity index (χ0) is 14.4. The van der Waals surface area contributed by atoms with Crippen molar-refractivity contribution in [1.29, 1.82) is 5.26 Å². The van der Waals surface area contributed by atoms with E-state index >= 15 is 0 Å². The summed E-state index contributed by atoms with van der Waals surface area (Å²) >= 11 is 0. The highest BCUT2D eigenvalue weighted by atomic mass is 16.5. The summed E-state index contributed by atoms with van der Waals surface area (Å²) in [6.45, 7) is 2.25. The number of amides is 1. The maximum atomic E-state index is 11.8. The number of anilines is 1. The molecule has 1 aromatic carbocycles. The molecule has 20 heavy (non-hydrogen) atoms. The summed E-state index contributed by atoms with van der Waals surface area (Å²) in [6, 6.07) is 8.92. The van der Waals surface area contributed by atoms with E-state index in [-0.39, 0.29) is 18.6 Å². The number of carbonyl (C=O) groups excluding carboxylic acids is 1. The van der Waals surface area contributed by atoms with Crippen LogP contribution >= 0.6 is 0 Å². The first kappa shape index (κ1) is 14.5. The normalized spacial score (nSPS) is 22.0. The Hall–Kier alpha value is -1.86. The number of nitrogens with zero attached hydrogens (tertiary/aromatic N) is 1. The predicted molar refractivity (Wildman–Crippen MR) is 77.2 cm³/mol. The lowest BCUT2D eigenvalue weighted by Crippen LogP contribution is -2.29. The summed E-state index contributed by atoms with van der Waals surface area (Å²) < 4.78 is 5.71. The molecule has 1 N–H and O–H groups in total. The van der Waals surface area contributed by atoms with Crippen molar-refractivity contribution in [3.05, 3.63) is 29.8 Å². The van der Waals surface area contributed by atoms with Gasteiger partial charge in [-0.15, -0.1) is 0 Å². The lowest BCUT2D eigenvalue weighted by atomic mass is 9.88. The topological polar surface area (TPSA) is 62.1 Å². The molecule has 2 atom stereocenters. The van der Waals surface area contributed by atoms with E-state index in [1.54, 1.807) is 24.3 Å². The third-order valence-corrected chi connectivity index (χ3v) is 3.74. The van der Waals surface area contributed by atoms with Gasteiger partial charge in [0.1, 0.15) is 6.61 Å². The molecule has 2 rings (SSSR count). The Morgan fingerprint density at radius 2 is 2.25 bits per heavy atom. The van der Waals surface area contributed by atoms with E-state index in [4.69, 9.17) is 10.00 Å². The number of hydrogen-bond acceptors (Lipinski definition) is 3. The number of nitrogens with one attached hydrogen (secondary N) is 1. The molecule has 106 valence electrons. The number of nitriles is 1. The molecular weight excluding hydrogens is 252 g/mol. The fourth-order valence-electron chi connectivity index (χ4n) is 2.58. The van der Waals surface area contributed by atoms with Crippen molar-refractivity contribution in [3.63, 3.8) is 0 Å². The van der Waals surface area contributed by atoms with Crippen LogP contribution in [-0.2, 0) is 9.53 Å². The van der Waals surface area contributed by atoms with Gasteiger partial charge in [0.2, 0.25) is 5.91 Å². The summed E-state index contributed by atoms with van der Waals surface area (Å²) in [5.74, 6) is 0.358. The summed E-state index contributed by atoms with van der Waals surface area (Å²) in [5.41, 5.74) is 1.17. The second-order valence-electron chi connectivity index (χ2n) is 5.35. The van der Waals surface area contributed by atoms with E-state index in [2.05, 4.69) is 12.2 Å². The van der Waals surface area contributed by atoms with Crippen LogP contribution in [0.4, 0.5) is 5.69 Å². The maximum absolute atomic E-state index is 11.8. The molecule has 0 heterocycles. The Bertz CT molecular complexity index is 507. The standard InChI is InChI=1S/C16H20N2O2/c1-12-5-2-3-8-15(12)20-11-16(19)18-14-7-4-6-13(9-14)10-17/h4,6-7,9,12,15H,2-3,5,8,11H2,1H3,(H,18,19). The van der Waals surface area contributed by atoms with E-state index in [9.17, 15) is 4.79 Å². The van der Waals surface area contributed by atoms with E-state index in [0.717, 1.165) is 6.42 Å². The fraction of sp³-hybridized carbons (Fsp3) is 0.500. The van der Waals surface area contributed by atoms with E-state index in [1.165, 1.54) is 19.3 Å². The van der Waals surface area contributed by atoms with Gasteiger partial charge in [-0.05, 0) is 37.0 Å². The molecule has 0 saturated heterocycles. The number of rotatable bonds is 4. The van der Waals surface area contributed by atoms with Crippen molar-refractivity contribution < 1.29 is 9.53 Å². The molecule has 4 nitrogen and oxygen atoms in total. The second-order valence-corrected chi connectivity index (χ2v) is 5.35. The van der Waals surface area contributed by atoms with Crippen molar-refractivity contribution in [2.45, 2.75) is 38.7 Å². The summed E-state index contributed by atoms with van der Waals surface area (Å²) in [4.78, 5) is 11.8. The first-order valence-electron chi connectivity index (χ1n) is 7.10. The average Bonchev–Trinajstić information content (AvgIpc) is 2.46. The number of hydrogen-bond donors (Lipinski definition) is 1. The molecule has 0 spiro atoms. The van der Waals surface area contributed by atoms with Crippen LogP contribution in [0.3, 0.4) is 0 Å². The quantitative estimate of drug-likeness (QED) is 0.916. The van der Waals surface area contributed by atoms with E-state index in [1.807, 2.05) is 6.07 Å². The third-order valence-electron chi connectivity index (χ3n) is 3.74. The van der Waals surface area contributed by atoms with Crippen molar-refractivity contribution >= 4 is 11.6 Å². The van der Waals surface area contributed by atoms with Gasteiger partial charge in [-0.25, -0.2) is 0 Å². The van der Waals surface area contributed by atoms with Crippen LogP contribution in [0.25, 0.3) is 0 Å². The van der Waals surface area contributed by atoms with Crippen LogP contribution in [0.5, 0.6) is 0 Å². The van der Waals surface area contributed by atoms with Crippen LogP contribution in [-0.4, -0.2) is 18.6 Å². The molecule has 1 amide bonds. The largest absolute Gasteiger partial charge is 0.368 e. The van der Waals surface area contributed by atoms with Gasteiger partial charge in [0.25, 0.3) is 0 Å². The Morgan fingerprint density at radius 1 is 1.45 bits per heavy atom. The summed E-state index contributed by atoms with van der Waals surface area (Å²) in [5, 5.41) is 11.6. The Labute approximate surface area is 119 Å². The zero-order valence-corrected chi connectivity index (χ0v) is 11.8. The predicted octanol–water partition coefficient (Wildman–Crippen LogP) is 3.09. The molecule has 1 aliphatic rings. The molecule has 0 aromatic heterocycles. The first-order chi connectivity index (χ1) is 9.69. The zero-order valence-electron chi connectivity index (χ0n) is 11.8. The van der Waals surface area contributed by atoms with Crippen LogP contribution in [0.1, 0.15) is 38.2 Å². The van der Waals surface area contributed by atoms with E-state index in [0.29, 0.717) is 17.2 Å². The highest BCUT2D eigenvalue weighted by molar-refractivity contribution is 5.91. The number of ether oxygens (including phenoxy) is 1. The number of benzene rings is 1. The minimum absolute atomic E-state index is 0.0752. The smallest absolute Gasteiger partial charge is 0.250 e. The Kier molecular flexibility index (Phi) is 5.14. The number of carbonyl (C=O) groups is 1. The Balaban J connectivity index is 1.81. The van der Waals surface area contributed by atoms with Crippen LogP contribution in [0.2, 0.25) is 0 Å². The van der Waals surface area contributed by atoms with Crippen LogP contribution in [0, 0.1) is 17.2 Å². The fourth-order valence-corrected chi connectivity index (χ4v) is 2.58. The van der Waals surface area contributed by atoms with Crippen molar-refractivity contribution in [1.82, 2.24) is 0 Å². The second kappa shape index (κ2) is 7.06. The van der Waals surface area contributed by atoms with Crippen molar-refractivity contribution in [2.75, 3.05) is 11.9 Å². The molecular formula is C16H20N2O2.